The highest BCUT2D eigenvalue weighted by molar-refractivity contribution is 7.12. The van der Waals surface area contributed by atoms with E-state index in [1.54, 1.807) is 6.07 Å². The van der Waals surface area contributed by atoms with Gasteiger partial charge in [-0.25, -0.2) is 0 Å². The molecule has 0 radical (unpaired) electrons. The monoisotopic (exact) mass is 257 g/mol. The molecule has 4 heteroatoms. The maximum Gasteiger partial charge on any atom is 0.194 e. The van der Waals surface area contributed by atoms with Gasteiger partial charge in [0, 0.05) is 0 Å². The van der Waals surface area contributed by atoms with Crippen molar-refractivity contribution in [3.8, 4) is 0 Å². The maximum atomic E-state index is 12.6. The van der Waals surface area contributed by atoms with Crippen LogP contribution < -0.4 is 0 Å². The molecule has 0 bridgehead atoms. The number of carbonyl (C=O) groups is 1. The summed E-state index contributed by atoms with van der Waals surface area (Å²) in [7, 11) is 3.98. The smallest absolute Gasteiger partial charge is 0.194 e. The molecule has 1 fully saturated rings. The molecule has 0 unspecified atom stereocenters. The zero-order valence-corrected chi connectivity index (χ0v) is 11.2. The molecule has 2 rings (SSSR count). The van der Waals surface area contributed by atoms with E-state index in [1.807, 2.05) is 19.5 Å². The summed E-state index contributed by atoms with van der Waals surface area (Å²) in [4.78, 5) is 15.4. The molecule has 1 aliphatic carbocycles. The first kappa shape index (κ1) is 12.1. The number of carbonyl (C=O) groups excluding carboxylic acids is 1. The number of likely N-dealkylation sites (N-methyl/N-ethyl adjacent to an activating group) is 1. The molecular formula is C12H16ClNOS. The fourth-order valence-electron chi connectivity index (χ4n) is 2.50. The van der Waals surface area contributed by atoms with Crippen molar-refractivity contribution >= 4 is 28.7 Å². The highest BCUT2D eigenvalue weighted by atomic mass is 35.5. The lowest BCUT2D eigenvalue weighted by Crippen LogP contribution is -2.48. The van der Waals surface area contributed by atoms with Gasteiger partial charge in [-0.1, -0.05) is 24.4 Å². The number of thiophene rings is 1. The predicted octanol–water partition coefficient (Wildman–Crippen LogP) is 3.46. The van der Waals surface area contributed by atoms with Crippen molar-refractivity contribution in [3.63, 3.8) is 0 Å². The molecule has 1 saturated carbocycles. The summed E-state index contributed by atoms with van der Waals surface area (Å²) >= 11 is 7.50. The lowest BCUT2D eigenvalue weighted by atomic mass is 9.89. The number of hydrogen-bond acceptors (Lipinski definition) is 3. The van der Waals surface area contributed by atoms with Crippen molar-refractivity contribution in [3.05, 3.63) is 21.3 Å². The molecule has 0 saturated heterocycles. The van der Waals surface area contributed by atoms with Gasteiger partial charge in [-0.05, 0) is 38.4 Å². The molecule has 0 N–H and O–H groups in total. The third-order valence-corrected chi connectivity index (χ3v) is 4.87. The van der Waals surface area contributed by atoms with E-state index in [0.717, 1.165) is 30.6 Å². The predicted molar refractivity (Wildman–Crippen MR) is 68.5 cm³/mol. The van der Waals surface area contributed by atoms with Crippen molar-refractivity contribution in [1.29, 1.82) is 0 Å². The average molecular weight is 258 g/mol. The second kappa shape index (κ2) is 4.47. The first-order valence-corrected chi connectivity index (χ1v) is 6.79. The van der Waals surface area contributed by atoms with E-state index >= 15 is 0 Å². The maximum absolute atomic E-state index is 12.6. The molecule has 1 aliphatic rings. The largest absolute Gasteiger partial charge is 0.297 e. The first-order valence-electron chi connectivity index (χ1n) is 5.53. The second-order valence-corrected chi connectivity index (χ2v) is 5.88. The van der Waals surface area contributed by atoms with E-state index in [2.05, 4.69) is 4.90 Å². The van der Waals surface area contributed by atoms with Crippen LogP contribution in [0.15, 0.2) is 11.4 Å². The second-order valence-electron chi connectivity index (χ2n) is 4.56. The number of nitrogens with zero attached hydrogens (tertiary/aromatic N) is 1. The lowest BCUT2D eigenvalue weighted by Gasteiger charge is -2.34. The Kier molecular flexibility index (Phi) is 3.38. The Labute approximate surface area is 105 Å². The molecule has 0 spiro atoms. The molecule has 0 aliphatic heterocycles. The Morgan fingerprint density at radius 3 is 2.50 bits per heavy atom. The third kappa shape index (κ3) is 1.81. The van der Waals surface area contributed by atoms with Crippen LogP contribution >= 0.6 is 22.9 Å². The van der Waals surface area contributed by atoms with Crippen LogP contribution in [0.1, 0.15) is 35.4 Å². The normalized spacial score (nSPS) is 19.2. The fraction of sp³-hybridized carbons (Fsp3) is 0.583. The summed E-state index contributed by atoms with van der Waals surface area (Å²) < 4.78 is 0. The zero-order valence-electron chi connectivity index (χ0n) is 9.62. The highest BCUT2D eigenvalue weighted by Gasteiger charge is 2.44. The molecule has 1 aromatic rings. The van der Waals surface area contributed by atoms with Crippen LogP contribution in [-0.2, 0) is 0 Å². The van der Waals surface area contributed by atoms with Gasteiger partial charge in [0.2, 0.25) is 0 Å². The Hall–Kier alpha value is -0.380. The summed E-state index contributed by atoms with van der Waals surface area (Å²) in [6.45, 7) is 0. The molecule has 16 heavy (non-hydrogen) atoms. The summed E-state index contributed by atoms with van der Waals surface area (Å²) in [5.41, 5.74) is -0.311. The number of rotatable bonds is 3. The molecule has 1 aromatic heterocycles. The van der Waals surface area contributed by atoms with E-state index in [9.17, 15) is 4.79 Å². The minimum atomic E-state index is -0.311. The number of hydrogen-bond donors (Lipinski definition) is 0. The van der Waals surface area contributed by atoms with Crippen LogP contribution in [0.25, 0.3) is 0 Å². The van der Waals surface area contributed by atoms with Crippen molar-refractivity contribution in [2.75, 3.05) is 14.1 Å². The van der Waals surface area contributed by atoms with E-state index < -0.39 is 0 Å². The topological polar surface area (TPSA) is 20.3 Å². The zero-order chi connectivity index (χ0) is 11.8. The third-order valence-electron chi connectivity index (χ3n) is 3.53. The Morgan fingerprint density at radius 1 is 1.44 bits per heavy atom. The van der Waals surface area contributed by atoms with Gasteiger partial charge in [-0.15, -0.1) is 11.3 Å². The number of halogens is 1. The number of ketones is 1. The molecule has 0 amide bonds. The van der Waals surface area contributed by atoms with Crippen LogP contribution in [0, 0.1) is 0 Å². The highest BCUT2D eigenvalue weighted by Crippen LogP contribution is 2.39. The van der Waals surface area contributed by atoms with Crippen LogP contribution in [0.4, 0.5) is 0 Å². The quantitative estimate of drug-likeness (QED) is 0.773. The molecule has 88 valence electrons. The van der Waals surface area contributed by atoms with Gasteiger partial charge in [-0.2, -0.15) is 0 Å². The summed E-state index contributed by atoms with van der Waals surface area (Å²) in [6.07, 6.45) is 4.17. The summed E-state index contributed by atoms with van der Waals surface area (Å²) in [6, 6.07) is 1.80. The van der Waals surface area contributed by atoms with Gasteiger partial charge in [0.1, 0.15) is 0 Å². The van der Waals surface area contributed by atoms with Gasteiger partial charge in [0.25, 0.3) is 0 Å². The first-order chi connectivity index (χ1) is 7.58. The Morgan fingerprint density at radius 2 is 2.06 bits per heavy atom. The summed E-state index contributed by atoms with van der Waals surface area (Å²) in [5.74, 6) is 0.204. The van der Waals surface area contributed by atoms with Crippen molar-refractivity contribution in [2.45, 2.75) is 31.2 Å². The molecule has 0 atom stereocenters. The van der Waals surface area contributed by atoms with E-state index in [0.29, 0.717) is 5.02 Å². The fourth-order valence-corrected chi connectivity index (χ4v) is 3.68. The van der Waals surface area contributed by atoms with Gasteiger partial charge in [-0.3, -0.25) is 9.69 Å². The number of Topliss-reactive ketones (excluding diaryl/α,β-unsaturated/α-hetero) is 1. The van der Waals surface area contributed by atoms with Gasteiger partial charge in [0.15, 0.2) is 5.78 Å². The van der Waals surface area contributed by atoms with E-state index in [1.165, 1.54) is 11.3 Å². The Bertz CT molecular complexity index is 393. The minimum absolute atomic E-state index is 0.204. The molecule has 2 nitrogen and oxygen atoms in total. The van der Waals surface area contributed by atoms with Crippen molar-refractivity contribution in [1.82, 2.24) is 4.90 Å². The van der Waals surface area contributed by atoms with Crippen LogP contribution in [-0.4, -0.2) is 30.3 Å². The van der Waals surface area contributed by atoms with Gasteiger partial charge < -0.3 is 0 Å². The minimum Gasteiger partial charge on any atom is -0.297 e. The average Bonchev–Trinajstić information content (AvgIpc) is 2.85. The standard InChI is InChI=1S/C12H16ClNOS/c1-14(2)12(6-3-4-7-12)11(15)10-9(13)5-8-16-10/h5,8H,3-4,6-7H2,1-2H3. The SMILES string of the molecule is CN(C)C1(C(=O)c2sccc2Cl)CCCC1. The van der Waals surface area contributed by atoms with Crippen LogP contribution in [0.5, 0.6) is 0 Å². The molecule has 1 heterocycles. The summed E-state index contributed by atoms with van der Waals surface area (Å²) in [5, 5.41) is 2.48. The van der Waals surface area contributed by atoms with Gasteiger partial charge in [0.05, 0.1) is 15.4 Å². The molecular weight excluding hydrogens is 242 g/mol. The Balaban J connectivity index is 2.35. The lowest BCUT2D eigenvalue weighted by molar-refractivity contribution is 0.0698. The molecule has 0 aromatic carbocycles. The van der Waals surface area contributed by atoms with E-state index in [4.69, 9.17) is 11.6 Å². The van der Waals surface area contributed by atoms with Crippen molar-refractivity contribution in [2.24, 2.45) is 0 Å². The van der Waals surface area contributed by atoms with Crippen LogP contribution in [0.2, 0.25) is 5.02 Å². The van der Waals surface area contributed by atoms with Crippen molar-refractivity contribution < 1.29 is 4.79 Å². The van der Waals surface area contributed by atoms with Crippen LogP contribution in [0.3, 0.4) is 0 Å². The van der Waals surface area contributed by atoms with E-state index in [-0.39, 0.29) is 11.3 Å². The van der Waals surface area contributed by atoms with Gasteiger partial charge >= 0.3 is 0 Å².